The molecule has 1 unspecified atom stereocenters. The zero-order chi connectivity index (χ0) is 20.4. The monoisotopic (exact) mass is 411 g/mol. The van der Waals surface area contributed by atoms with Crippen molar-refractivity contribution < 1.29 is 18.7 Å². The molecule has 29 heavy (non-hydrogen) atoms. The molecule has 2 aliphatic heterocycles. The maximum absolute atomic E-state index is 13.0. The van der Waals surface area contributed by atoms with Crippen LogP contribution in [-0.2, 0) is 11.3 Å². The summed E-state index contributed by atoms with van der Waals surface area (Å²) in [4.78, 5) is 16.8. The molecule has 2 aromatic rings. The lowest BCUT2D eigenvalue weighted by atomic mass is 9.86. The third-order valence-electron chi connectivity index (χ3n) is 5.12. The van der Waals surface area contributed by atoms with Gasteiger partial charge in [0.25, 0.3) is 0 Å². The molecule has 0 bridgehead atoms. The predicted octanol–water partition coefficient (Wildman–Crippen LogP) is 3.51. The first-order chi connectivity index (χ1) is 14.1. The van der Waals surface area contributed by atoms with Crippen LogP contribution < -0.4 is 9.47 Å². The minimum Gasteiger partial charge on any atom is -0.497 e. The molecule has 1 saturated heterocycles. The SMILES string of the molecule is COc1ccc(OC)c(C2CC(=O)N3CN(Cc4ccco4)CSC3=C2C#N)c1. The van der Waals surface area contributed by atoms with Crippen LogP contribution in [0.1, 0.15) is 23.7 Å². The van der Waals surface area contributed by atoms with Gasteiger partial charge in [-0.25, -0.2) is 0 Å². The van der Waals surface area contributed by atoms with Crippen molar-refractivity contribution in [2.24, 2.45) is 0 Å². The summed E-state index contributed by atoms with van der Waals surface area (Å²) in [5.41, 5.74) is 1.39. The largest absolute Gasteiger partial charge is 0.497 e. The van der Waals surface area contributed by atoms with E-state index in [-0.39, 0.29) is 18.2 Å². The fourth-order valence-corrected chi connectivity index (χ4v) is 4.84. The molecule has 2 aliphatic rings. The number of amides is 1. The van der Waals surface area contributed by atoms with Crippen LogP contribution in [0.3, 0.4) is 0 Å². The molecule has 1 atom stereocenters. The van der Waals surface area contributed by atoms with E-state index >= 15 is 0 Å². The Hall–Kier alpha value is -2.89. The first-order valence-electron chi connectivity index (χ1n) is 9.18. The number of thioether (sulfide) groups is 1. The van der Waals surface area contributed by atoms with Gasteiger partial charge in [-0.15, -0.1) is 0 Å². The standard InChI is InChI=1S/C21H21N3O4S/c1-26-14-5-6-19(27-2)17(8-14)16-9-20(25)24-12-23(11-15-4-3-7-28-15)13-29-21(24)18(16)10-22/h3-8,16H,9,11-13H2,1-2H3. The first kappa shape index (κ1) is 19.4. The van der Waals surface area contributed by atoms with E-state index in [0.717, 1.165) is 16.4 Å². The second kappa shape index (κ2) is 8.23. The maximum Gasteiger partial charge on any atom is 0.229 e. The molecule has 150 valence electrons. The quantitative estimate of drug-likeness (QED) is 0.745. The second-order valence-corrected chi connectivity index (χ2v) is 7.77. The molecule has 1 amide bonds. The third kappa shape index (κ3) is 3.71. The van der Waals surface area contributed by atoms with Crippen molar-refractivity contribution >= 4 is 17.7 Å². The second-order valence-electron chi connectivity index (χ2n) is 6.84. The number of carbonyl (C=O) groups is 1. The Morgan fingerprint density at radius 3 is 2.86 bits per heavy atom. The Balaban J connectivity index is 1.66. The lowest BCUT2D eigenvalue weighted by Crippen LogP contribution is -2.46. The van der Waals surface area contributed by atoms with Gasteiger partial charge in [0.05, 0.1) is 56.2 Å². The van der Waals surface area contributed by atoms with Crippen LogP contribution in [-0.4, -0.2) is 42.5 Å². The highest BCUT2D eigenvalue weighted by Crippen LogP contribution is 2.45. The van der Waals surface area contributed by atoms with E-state index in [1.165, 1.54) is 11.8 Å². The molecule has 0 radical (unpaired) electrons. The van der Waals surface area contributed by atoms with Crippen molar-refractivity contribution in [1.82, 2.24) is 9.80 Å². The fourth-order valence-electron chi connectivity index (χ4n) is 3.71. The predicted molar refractivity (Wildman–Crippen MR) is 108 cm³/mol. The van der Waals surface area contributed by atoms with Gasteiger partial charge in [-0.05, 0) is 30.3 Å². The van der Waals surface area contributed by atoms with Gasteiger partial charge in [-0.2, -0.15) is 5.26 Å². The summed E-state index contributed by atoms with van der Waals surface area (Å²) in [5, 5.41) is 10.7. The number of carbonyl (C=O) groups excluding carboxylic acids is 1. The average molecular weight is 411 g/mol. The van der Waals surface area contributed by atoms with Crippen LogP contribution in [0.4, 0.5) is 0 Å². The molecule has 4 rings (SSSR count). The van der Waals surface area contributed by atoms with Gasteiger partial charge in [0, 0.05) is 17.9 Å². The van der Waals surface area contributed by atoms with Crippen molar-refractivity contribution in [1.29, 1.82) is 5.26 Å². The first-order valence-corrected chi connectivity index (χ1v) is 10.2. The van der Waals surface area contributed by atoms with Crippen LogP contribution in [0.2, 0.25) is 0 Å². The molecule has 0 saturated carbocycles. The highest BCUT2D eigenvalue weighted by atomic mass is 32.2. The van der Waals surface area contributed by atoms with E-state index in [2.05, 4.69) is 11.0 Å². The normalized spacial score (nSPS) is 19.7. The summed E-state index contributed by atoms with van der Waals surface area (Å²) in [7, 11) is 3.18. The smallest absolute Gasteiger partial charge is 0.229 e. The Morgan fingerprint density at radius 1 is 1.31 bits per heavy atom. The Kier molecular flexibility index (Phi) is 5.51. The van der Waals surface area contributed by atoms with Crippen LogP contribution >= 0.6 is 11.8 Å². The zero-order valence-electron chi connectivity index (χ0n) is 16.3. The summed E-state index contributed by atoms with van der Waals surface area (Å²) in [6.45, 7) is 1.06. The molecule has 0 spiro atoms. The number of methoxy groups -OCH3 is 2. The van der Waals surface area contributed by atoms with E-state index < -0.39 is 0 Å². The molecular weight excluding hydrogens is 390 g/mol. The van der Waals surface area contributed by atoms with Crippen molar-refractivity contribution in [3.8, 4) is 17.6 Å². The fraction of sp³-hybridized carbons (Fsp3) is 0.333. The van der Waals surface area contributed by atoms with Crippen LogP contribution in [0.5, 0.6) is 11.5 Å². The Bertz CT molecular complexity index is 980. The molecule has 1 aromatic heterocycles. The van der Waals surface area contributed by atoms with E-state index in [4.69, 9.17) is 13.9 Å². The van der Waals surface area contributed by atoms with Gasteiger partial charge in [-0.1, -0.05) is 11.8 Å². The van der Waals surface area contributed by atoms with Gasteiger partial charge < -0.3 is 13.9 Å². The van der Waals surface area contributed by atoms with Crippen LogP contribution in [0.25, 0.3) is 0 Å². The number of rotatable bonds is 5. The number of ether oxygens (including phenoxy) is 2. The minimum absolute atomic E-state index is 0.00878. The van der Waals surface area contributed by atoms with Gasteiger partial charge in [-0.3, -0.25) is 14.6 Å². The number of hydrogen-bond donors (Lipinski definition) is 0. The summed E-state index contributed by atoms with van der Waals surface area (Å²) < 4.78 is 16.3. The van der Waals surface area contributed by atoms with Gasteiger partial charge in [0.1, 0.15) is 17.3 Å². The third-order valence-corrected chi connectivity index (χ3v) is 6.33. The summed E-state index contributed by atoms with van der Waals surface area (Å²) in [5.74, 6) is 2.47. The number of fused-ring (bicyclic) bond motifs is 1. The molecular formula is C21H21N3O4S. The van der Waals surface area contributed by atoms with Crippen molar-refractivity contribution in [3.05, 3.63) is 58.5 Å². The highest BCUT2D eigenvalue weighted by molar-refractivity contribution is 8.03. The van der Waals surface area contributed by atoms with Crippen molar-refractivity contribution in [3.63, 3.8) is 0 Å². The van der Waals surface area contributed by atoms with Crippen LogP contribution in [0, 0.1) is 11.3 Å². The topological polar surface area (TPSA) is 78.9 Å². The minimum atomic E-state index is -0.354. The maximum atomic E-state index is 13.0. The number of hydrogen-bond acceptors (Lipinski definition) is 7. The van der Waals surface area contributed by atoms with Crippen LogP contribution in [0.15, 0.2) is 51.6 Å². The summed E-state index contributed by atoms with van der Waals surface area (Å²) in [6.07, 6.45) is 1.86. The number of nitriles is 1. The van der Waals surface area contributed by atoms with Gasteiger partial charge >= 0.3 is 0 Å². The summed E-state index contributed by atoms with van der Waals surface area (Å²) >= 11 is 1.51. The zero-order valence-corrected chi connectivity index (χ0v) is 17.1. The molecule has 0 N–H and O–H groups in total. The number of nitrogens with zero attached hydrogens (tertiary/aromatic N) is 3. The highest BCUT2D eigenvalue weighted by Gasteiger charge is 2.39. The van der Waals surface area contributed by atoms with Crippen molar-refractivity contribution in [2.75, 3.05) is 26.8 Å². The van der Waals surface area contributed by atoms with Gasteiger partial charge in [0.15, 0.2) is 0 Å². The number of allylic oxidation sites excluding steroid dienone is 1. The average Bonchev–Trinajstić information content (AvgIpc) is 3.26. The Labute approximate surface area is 173 Å². The molecule has 1 aromatic carbocycles. The molecule has 7 nitrogen and oxygen atoms in total. The van der Waals surface area contributed by atoms with Crippen molar-refractivity contribution in [2.45, 2.75) is 18.9 Å². The number of benzene rings is 1. The van der Waals surface area contributed by atoms with E-state index in [0.29, 0.717) is 36.2 Å². The molecule has 3 heterocycles. The molecule has 1 fully saturated rings. The molecule has 8 heteroatoms. The molecule has 0 aliphatic carbocycles. The van der Waals surface area contributed by atoms with E-state index in [9.17, 15) is 10.1 Å². The Morgan fingerprint density at radius 2 is 2.17 bits per heavy atom. The van der Waals surface area contributed by atoms with E-state index in [1.54, 1.807) is 31.4 Å². The van der Waals surface area contributed by atoms with E-state index in [1.807, 2.05) is 24.3 Å². The summed E-state index contributed by atoms with van der Waals surface area (Å²) in [6, 6.07) is 11.6. The lowest BCUT2D eigenvalue weighted by molar-refractivity contribution is -0.132. The number of furan rings is 1. The van der Waals surface area contributed by atoms with Gasteiger partial charge in [0.2, 0.25) is 5.91 Å². The lowest BCUT2D eigenvalue weighted by Gasteiger charge is -2.41.